The van der Waals surface area contributed by atoms with Crippen molar-refractivity contribution in [2.45, 2.75) is 0 Å². The molecule has 3 rings (SSSR count). The van der Waals surface area contributed by atoms with Crippen molar-refractivity contribution < 1.29 is 14.3 Å². The van der Waals surface area contributed by atoms with Gasteiger partial charge in [-0.2, -0.15) is 0 Å². The molecule has 0 aliphatic carbocycles. The zero-order valence-corrected chi connectivity index (χ0v) is 14.9. The van der Waals surface area contributed by atoms with Crippen molar-refractivity contribution in [3.8, 4) is 5.75 Å². The van der Waals surface area contributed by atoms with Crippen LogP contribution in [-0.4, -0.2) is 88.5 Å². The van der Waals surface area contributed by atoms with Crippen molar-refractivity contribution in [2.24, 2.45) is 0 Å². The van der Waals surface area contributed by atoms with Crippen molar-refractivity contribution in [1.82, 2.24) is 15.1 Å². The molecule has 7 heteroatoms. The Morgan fingerprint density at radius 2 is 1.84 bits per heavy atom. The summed E-state index contributed by atoms with van der Waals surface area (Å²) in [5, 5.41) is 3.04. The predicted octanol–water partition coefficient (Wildman–Crippen LogP) is 0.859. The molecule has 1 aromatic carbocycles. The number of amides is 2. The summed E-state index contributed by atoms with van der Waals surface area (Å²) in [7, 11) is 1.69. The lowest BCUT2D eigenvalue weighted by atomic mass is 10.2. The van der Waals surface area contributed by atoms with E-state index in [1.165, 1.54) is 0 Å². The number of urea groups is 1. The summed E-state index contributed by atoms with van der Waals surface area (Å²) in [6, 6.07) is 8.06. The van der Waals surface area contributed by atoms with E-state index in [9.17, 15) is 4.79 Å². The molecule has 138 valence electrons. The Morgan fingerprint density at radius 3 is 2.56 bits per heavy atom. The second-order valence-electron chi connectivity index (χ2n) is 6.33. The normalized spacial score (nSPS) is 18.9. The van der Waals surface area contributed by atoms with Crippen LogP contribution < -0.4 is 15.0 Å². The quantitative estimate of drug-likeness (QED) is 0.855. The summed E-state index contributed by atoms with van der Waals surface area (Å²) in [5.74, 6) is 0.880. The number of piperazine rings is 1. The zero-order chi connectivity index (χ0) is 17.5. The number of nitrogens with zero attached hydrogens (tertiary/aromatic N) is 3. The van der Waals surface area contributed by atoms with Gasteiger partial charge in [0.1, 0.15) is 5.75 Å². The second kappa shape index (κ2) is 8.92. The van der Waals surface area contributed by atoms with Gasteiger partial charge in [-0.3, -0.25) is 4.90 Å². The lowest BCUT2D eigenvalue weighted by Crippen LogP contribution is -2.53. The first-order chi connectivity index (χ1) is 12.3. The number of benzene rings is 1. The van der Waals surface area contributed by atoms with Gasteiger partial charge in [-0.15, -0.1) is 0 Å². The number of ether oxygens (including phenoxy) is 2. The molecule has 2 saturated heterocycles. The molecule has 2 amide bonds. The molecule has 1 N–H and O–H groups in total. The molecule has 2 aliphatic rings. The highest BCUT2D eigenvalue weighted by Crippen LogP contribution is 2.28. The van der Waals surface area contributed by atoms with Crippen molar-refractivity contribution in [3.63, 3.8) is 0 Å². The Hall–Kier alpha value is -1.99. The summed E-state index contributed by atoms with van der Waals surface area (Å²) < 4.78 is 10.8. The zero-order valence-electron chi connectivity index (χ0n) is 14.9. The molecule has 2 fully saturated rings. The maximum Gasteiger partial charge on any atom is 0.317 e. The van der Waals surface area contributed by atoms with Gasteiger partial charge in [-0.25, -0.2) is 4.79 Å². The van der Waals surface area contributed by atoms with Gasteiger partial charge in [0.05, 0.1) is 26.0 Å². The van der Waals surface area contributed by atoms with Gasteiger partial charge in [0.15, 0.2) is 0 Å². The second-order valence-corrected chi connectivity index (χ2v) is 6.33. The number of methoxy groups -OCH3 is 1. The van der Waals surface area contributed by atoms with Crippen LogP contribution in [0.15, 0.2) is 24.3 Å². The van der Waals surface area contributed by atoms with E-state index in [-0.39, 0.29) is 6.03 Å². The third-order valence-corrected chi connectivity index (χ3v) is 4.80. The van der Waals surface area contributed by atoms with E-state index in [4.69, 9.17) is 9.47 Å². The van der Waals surface area contributed by atoms with Gasteiger partial charge in [0, 0.05) is 52.4 Å². The number of hydrogen-bond acceptors (Lipinski definition) is 5. The minimum Gasteiger partial charge on any atom is -0.495 e. The first-order valence-electron chi connectivity index (χ1n) is 8.99. The average Bonchev–Trinajstić information content (AvgIpc) is 2.69. The number of para-hydroxylation sites is 2. The molecule has 0 saturated carbocycles. The average molecular weight is 348 g/mol. The van der Waals surface area contributed by atoms with Gasteiger partial charge >= 0.3 is 6.03 Å². The topological polar surface area (TPSA) is 57.3 Å². The van der Waals surface area contributed by atoms with Gasteiger partial charge in [0.25, 0.3) is 0 Å². The number of carbonyl (C=O) groups excluding carboxylic acids is 1. The number of morpholine rings is 1. The highest BCUT2D eigenvalue weighted by Gasteiger charge is 2.22. The molecule has 0 aromatic heterocycles. The van der Waals surface area contributed by atoms with Crippen LogP contribution >= 0.6 is 0 Å². The van der Waals surface area contributed by atoms with Crippen LogP contribution in [-0.2, 0) is 4.74 Å². The van der Waals surface area contributed by atoms with Crippen molar-refractivity contribution in [2.75, 3.05) is 77.6 Å². The van der Waals surface area contributed by atoms with E-state index in [1.54, 1.807) is 7.11 Å². The lowest BCUT2D eigenvalue weighted by Gasteiger charge is -2.36. The van der Waals surface area contributed by atoms with Crippen LogP contribution in [0.2, 0.25) is 0 Å². The predicted molar refractivity (Wildman–Crippen MR) is 97.4 cm³/mol. The number of rotatable bonds is 5. The van der Waals surface area contributed by atoms with Crippen LogP contribution in [0.1, 0.15) is 0 Å². The van der Waals surface area contributed by atoms with E-state index < -0.39 is 0 Å². The number of carbonyl (C=O) groups is 1. The maximum absolute atomic E-state index is 12.3. The van der Waals surface area contributed by atoms with Crippen molar-refractivity contribution in [1.29, 1.82) is 0 Å². The molecule has 25 heavy (non-hydrogen) atoms. The minimum atomic E-state index is 0.0351. The summed E-state index contributed by atoms with van der Waals surface area (Å²) in [6.45, 7) is 8.14. The van der Waals surface area contributed by atoms with E-state index in [0.29, 0.717) is 6.54 Å². The van der Waals surface area contributed by atoms with Crippen LogP contribution in [0.3, 0.4) is 0 Å². The van der Waals surface area contributed by atoms with E-state index in [0.717, 1.165) is 70.5 Å². The molecule has 2 aliphatic heterocycles. The van der Waals surface area contributed by atoms with Crippen LogP contribution in [0.25, 0.3) is 0 Å². The third kappa shape index (κ3) is 4.76. The smallest absolute Gasteiger partial charge is 0.317 e. The first-order valence-corrected chi connectivity index (χ1v) is 8.99. The fraction of sp³-hybridized carbons (Fsp3) is 0.611. The molecule has 7 nitrogen and oxygen atoms in total. The summed E-state index contributed by atoms with van der Waals surface area (Å²) in [6.07, 6.45) is 0. The summed E-state index contributed by atoms with van der Waals surface area (Å²) in [4.78, 5) is 18.8. The minimum absolute atomic E-state index is 0.0351. The molecule has 1 aromatic rings. The summed E-state index contributed by atoms with van der Waals surface area (Å²) >= 11 is 0. The Labute approximate surface area is 149 Å². The Bertz CT molecular complexity index is 555. The summed E-state index contributed by atoms with van der Waals surface area (Å²) in [5.41, 5.74) is 1.09. The highest BCUT2D eigenvalue weighted by atomic mass is 16.5. The monoisotopic (exact) mass is 348 g/mol. The Kier molecular flexibility index (Phi) is 6.36. The lowest BCUT2D eigenvalue weighted by molar-refractivity contribution is 0.0386. The fourth-order valence-electron chi connectivity index (χ4n) is 3.30. The van der Waals surface area contributed by atoms with Crippen LogP contribution in [0.5, 0.6) is 5.75 Å². The fourth-order valence-corrected chi connectivity index (χ4v) is 3.30. The van der Waals surface area contributed by atoms with Gasteiger partial charge in [-0.1, -0.05) is 12.1 Å². The standard InChI is InChI=1S/C18H28N4O3/c1-24-17-5-3-2-4-16(17)21-8-10-22(11-9-21)18(23)19-6-7-20-12-14-25-15-13-20/h2-5H,6-15H2,1H3,(H,19,23). The third-order valence-electron chi connectivity index (χ3n) is 4.80. The van der Waals surface area contributed by atoms with Gasteiger partial charge in [0.2, 0.25) is 0 Å². The maximum atomic E-state index is 12.3. The SMILES string of the molecule is COc1ccccc1N1CCN(C(=O)NCCN2CCOCC2)CC1. The van der Waals surface area contributed by atoms with Crippen LogP contribution in [0.4, 0.5) is 10.5 Å². The number of hydrogen-bond donors (Lipinski definition) is 1. The molecule has 0 unspecified atom stereocenters. The number of nitrogens with one attached hydrogen (secondary N) is 1. The van der Waals surface area contributed by atoms with E-state index in [2.05, 4.69) is 21.2 Å². The van der Waals surface area contributed by atoms with E-state index >= 15 is 0 Å². The largest absolute Gasteiger partial charge is 0.495 e. The van der Waals surface area contributed by atoms with Crippen LogP contribution in [0, 0.1) is 0 Å². The van der Waals surface area contributed by atoms with Crippen molar-refractivity contribution >= 4 is 11.7 Å². The molecular weight excluding hydrogens is 320 g/mol. The van der Waals surface area contributed by atoms with Gasteiger partial charge in [-0.05, 0) is 12.1 Å². The van der Waals surface area contributed by atoms with Gasteiger partial charge < -0.3 is 24.6 Å². The Balaban J connectivity index is 1.41. The highest BCUT2D eigenvalue weighted by molar-refractivity contribution is 5.74. The Morgan fingerprint density at radius 1 is 1.12 bits per heavy atom. The van der Waals surface area contributed by atoms with Crippen molar-refractivity contribution in [3.05, 3.63) is 24.3 Å². The molecule has 2 heterocycles. The van der Waals surface area contributed by atoms with E-state index in [1.807, 2.05) is 23.1 Å². The molecule has 0 atom stereocenters. The number of anilines is 1. The first kappa shape index (κ1) is 17.8. The molecular formula is C18H28N4O3. The molecule has 0 radical (unpaired) electrons. The molecule has 0 bridgehead atoms. The molecule has 0 spiro atoms.